The summed E-state index contributed by atoms with van der Waals surface area (Å²) in [6, 6.07) is 13.7. The topological polar surface area (TPSA) is 77.1 Å². The Morgan fingerprint density at radius 1 is 0.929 bits per heavy atom. The Morgan fingerprint density at radius 3 is 1.93 bits per heavy atom. The SMILES string of the molecule is CNC(=O)[C@H](C)N(Cc1ccc(OC)cc1)C(=O)COc1ccc(OC)cc1. The van der Waals surface area contributed by atoms with E-state index in [0.29, 0.717) is 11.5 Å². The van der Waals surface area contributed by atoms with Crippen LogP contribution in [0.1, 0.15) is 12.5 Å². The fraction of sp³-hybridized carbons (Fsp3) is 0.333. The Hall–Kier alpha value is -3.22. The van der Waals surface area contributed by atoms with E-state index >= 15 is 0 Å². The molecule has 7 heteroatoms. The minimum atomic E-state index is -0.640. The molecular formula is C21H26N2O5. The largest absolute Gasteiger partial charge is 0.497 e. The van der Waals surface area contributed by atoms with Crippen molar-refractivity contribution < 1.29 is 23.8 Å². The summed E-state index contributed by atoms with van der Waals surface area (Å²) in [5, 5.41) is 2.58. The Bertz CT molecular complexity index is 774. The minimum absolute atomic E-state index is 0.177. The molecule has 28 heavy (non-hydrogen) atoms. The van der Waals surface area contributed by atoms with E-state index in [1.54, 1.807) is 52.5 Å². The number of carbonyl (C=O) groups excluding carboxylic acids is 2. The highest BCUT2D eigenvalue weighted by Crippen LogP contribution is 2.18. The van der Waals surface area contributed by atoms with Gasteiger partial charge in [-0.2, -0.15) is 0 Å². The van der Waals surface area contributed by atoms with Crippen molar-refractivity contribution in [3.05, 3.63) is 54.1 Å². The van der Waals surface area contributed by atoms with Gasteiger partial charge in [0.2, 0.25) is 5.91 Å². The number of methoxy groups -OCH3 is 2. The van der Waals surface area contributed by atoms with E-state index in [2.05, 4.69) is 5.32 Å². The maximum atomic E-state index is 12.8. The van der Waals surface area contributed by atoms with Crippen molar-refractivity contribution in [3.8, 4) is 17.2 Å². The van der Waals surface area contributed by atoms with Gasteiger partial charge >= 0.3 is 0 Å². The second-order valence-corrected chi connectivity index (χ2v) is 6.12. The Morgan fingerprint density at radius 2 is 1.43 bits per heavy atom. The predicted molar refractivity (Wildman–Crippen MR) is 106 cm³/mol. The van der Waals surface area contributed by atoms with E-state index in [1.165, 1.54) is 4.90 Å². The third kappa shape index (κ3) is 5.64. The van der Waals surface area contributed by atoms with Crippen molar-refractivity contribution in [1.29, 1.82) is 0 Å². The second kappa shape index (κ2) is 10.2. The fourth-order valence-electron chi connectivity index (χ4n) is 2.62. The number of nitrogens with one attached hydrogen (secondary N) is 1. The predicted octanol–water partition coefficient (Wildman–Crippen LogP) is 2.25. The van der Waals surface area contributed by atoms with Gasteiger partial charge in [0.15, 0.2) is 6.61 Å². The van der Waals surface area contributed by atoms with Crippen molar-refractivity contribution in [2.24, 2.45) is 0 Å². The molecule has 0 aliphatic carbocycles. The van der Waals surface area contributed by atoms with Crippen LogP contribution in [0.25, 0.3) is 0 Å². The fourth-order valence-corrected chi connectivity index (χ4v) is 2.62. The molecule has 0 heterocycles. The third-order valence-electron chi connectivity index (χ3n) is 4.35. The van der Waals surface area contributed by atoms with E-state index in [9.17, 15) is 9.59 Å². The van der Waals surface area contributed by atoms with Crippen molar-refractivity contribution in [1.82, 2.24) is 10.2 Å². The molecule has 0 aliphatic rings. The summed E-state index contributed by atoms with van der Waals surface area (Å²) in [6.45, 7) is 1.79. The highest BCUT2D eigenvalue weighted by molar-refractivity contribution is 5.87. The smallest absolute Gasteiger partial charge is 0.261 e. The summed E-state index contributed by atoms with van der Waals surface area (Å²) in [5.41, 5.74) is 0.884. The molecule has 0 saturated carbocycles. The molecule has 0 aliphatic heterocycles. The van der Waals surface area contributed by atoms with E-state index in [-0.39, 0.29) is 25.0 Å². The van der Waals surface area contributed by atoms with E-state index < -0.39 is 6.04 Å². The molecule has 1 N–H and O–H groups in total. The van der Waals surface area contributed by atoms with Gasteiger partial charge in [-0.25, -0.2) is 0 Å². The lowest BCUT2D eigenvalue weighted by Crippen LogP contribution is -2.48. The van der Waals surface area contributed by atoms with Gasteiger partial charge in [0.1, 0.15) is 23.3 Å². The van der Waals surface area contributed by atoms with Crippen LogP contribution in [0, 0.1) is 0 Å². The molecule has 0 bridgehead atoms. The normalized spacial score (nSPS) is 11.3. The van der Waals surface area contributed by atoms with Crippen LogP contribution in [0.5, 0.6) is 17.2 Å². The molecule has 7 nitrogen and oxygen atoms in total. The molecule has 150 valence electrons. The number of rotatable bonds is 9. The van der Waals surface area contributed by atoms with Gasteiger partial charge in [0.25, 0.3) is 5.91 Å². The van der Waals surface area contributed by atoms with Gasteiger partial charge < -0.3 is 24.4 Å². The number of carbonyl (C=O) groups is 2. The molecule has 0 saturated heterocycles. The first-order valence-corrected chi connectivity index (χ1v) is 8.89. The Labute approximate surface area is 165 Å². The zero-order valence-corrected chi connectivity index (χ0v) is 16.6. The molecule has 2 amide bonds. The highest BCUT2D eigenvalue weighted by Gasteiger charge is 2.25. The van der Waals surface area contributed by atoms with Gasteiger partial charge in [-0.15, -0.1) is 0 Å². The molecule has 0 unspecified atom stereocenters. The first-order chi connectivity index (χ1) is 13.5. The zero-order chi connectivity index (χ0) is 20.5. The van der Waals surface area contributed by atoms with Crippen molar-refractivity contribution in [2.45, 2.75) is 19.5 Å². The van der Waals surface area contributed by atoms with Gasteiger partial charge in [-0.3, -0.25) is 9.59 Å². The summed E-state index contributed by atoms with van der Waals surface area (Å²) in [4.78, 5) is 26.4. The molecule has 0 radical (unpaired) electrons. The van der Waals surface area contributed by atoms with Crippen LogP contribution in [0.4, 0.5) is 0 Å². The number of nitrogens with zero attached hydrogens (tertiary/aromatic N) is 1. The van der Waals surface area contributed by atoms with Gasteiger partial charge in [0.05, 0.1) is 14.2 Å². The van der Waals surface area contributed by atoms with E-state index in [1.807, 2.05) is 24.3 Å². The molecule has 2 aromatic rings. The van der Waals surface area contributed by atoms with Crippen LogP contribution >= 0.6 is 0 Å². The second-order valence-electron chi connectivity index (χ2n) is 6.12. The Balaban J connectivity index is 2.09. The van der Waals surface area contributed by atoms with Crippen LogP contribution in [-0.2, 0) is 16.1 Å². The molecule has 0 spiro atoms. The van der Waals surface area contributed by atoms with Crippen LogP contribution in [0.2, 0.25) is 0 Å². The Kier molecular flexibility index (Phi) is 7.68. The van der Waals surface area contributed by atoms with Crippen molar-refractivity contribution in [2.75, 3.05) is 27.9 Å². The molecule has 2 rings (SSSR count). The summed E-state index contributed by atoms with van der Waals surface area (Å²) in [6.07, 6.45) is 0. The summed E-state index contributed by atoms with van der Waals surface area (Å²) >= 11 is 0. The lowest BCUT2D eigenvalue weighted by atomic mass is 10.1. The average Bonchev–Trinajstić information content (AvgIpc) is 2.75. The highest BCUT2D eigenvalue weighted by atomic mass is 16.5. The lowest BCUT2D eigenvalue weighted by molar-refractivity contribution is -0.142. The summed E-state index contributed by atoms with van der Waals surface area (Å²) in [5.74, 6) is 1.44. The lowest BCUT2D eigenvalue weighted by Gasteiger charge is -2.28. The van der Waals surface area contributed by atoms with Gasteiger partial charge in [-0.1, -0.05) is 12.1 Å². The van der Waals surface area contributed by atoms with Crippen LogP contribution in [0.15, 0.2) is 48.5 Å². The average molecular weight is 386 g/mol. The number of likely N-dealkylation sites (N-methyl/N-ethyl adjacent to an activating group) is 1. The molecular weight excluding hydrogens is 360 g/mol. The first kappa shape index (κ1) is 21.1. The summed E-state index contributed by atoms with van der Waals surface area (Å²) in [7, 11) is 4.72. The maximum Gasteiger partial charge on any atom is 0.261 e. The van der Waals surface area contributed by atoms with Crippen molar-refractivity contribution in [3.63, 3.8) is 0 Å². The van der Waals surface area contributed by atoms with Crippen LogP contribution < -0.4 is 19.5 Å². The number of ether oxygens (including phenoxy) is 3. The monoisotopic (exact) mass is 386 g/mol. The number of amides is 2. The molecule has 0 fully saturated rings. The van der Waals surface area contributed by atoms with Crippen LogP contribution in [-0.4, -0.2) is 50.6 Å². The standard InChI is InChI=1S/C21H26N2O5/c1-15(21(25)22-2)23(13-16-5-7-17(26-3)8-6-16)20(24)14-28-19-11-9-18(27-4)10-12-19/h5-12,15H,13-14H2,1-4H3,(H,22,25)/t15-/m0/s1. The summed E-state index contributed by atoms with van der Waals surface area (Å²) < 4.78 is 15.8. The third-order valence-corrected chi connectivity index (χ3v) is 4.35. The molecule has 1 atom stereocenters. The van der Waals surface area contributed by atoms with Crippen molar-refractivity contribution >= 4 is 11.8 Å². The van der Waals surface area contributed by atoms with Gasteiger partial charge in [0, 0.05) is 13.6 Å². The zero-order valence-electron chi connectivity index (χ0n) is 16.6. The number of hydrogen-bond acceptors (Lipinski definition) is 5. The minimum Gasteiger partial charge on any atom is -0.497 e. The molecule has 0 aromatic heterocycles. The van der Waals surface area contributed by atoms with E-state index in [0.717, 1.165) is 11.3 Å². The first-order valence-electron chi connectivity index (χ1n) is 8.89. The van der Waals surface area contributed by atoms with E-state index in [4.69, 9.17) is 14.2 Å². The number of benzene rings is 2. The van der Waals surface area contributed by atoms with Crippen LogP contribution in [0.3, 0.4) is 0 Å². The van der Waals surface area contributed by atoms with Gasteiger partial charge in [-0.05, 0) is 48.9 Å². The number of hydrogen-bond donors (Lipinski definition) is 1. The quantitative estimate of drug-likeness (QED) is 0.715. The molecule has 2 aromatic carbocycles. The maximum absolute atomic E-state index is 12.8.